The molecule has 110 valence electrons. The van der Waals surface area contributed by atoms with Gasteiger partial charge in [-0.15, -0.1) is 11.3 Å². The molecule has 3 heterocycles. The summed E-state index contributed by atoms with van der Waals surface area (Å²) in [6.07, 6.45) is 1.52. The Morgan fingerprint density at radius 2 is 2.15 bits per heavy atom. The maximum absolute atomic E-state index is 12.4. The molecule has 2 aliphatic heterocycles. The highest BCUT2D eigenvalue weighted by Gasteiger charge is 2.34. The van der Waals surface area contributed by atoms with Crippen molar-refractivity contribution in [2.45, 2.75) is 25.0 Å². The number of carbonyl (C=O) groups is 1. The molecule has 0 saturated carbocycles. The third-order valence-corrected chi connectivity index (χ3v) is 4.98. The Balaban J connectivity index is 1.52. The van der Waals surface area contributed by atoms with Crippen molar-refractivity contribution in [3.8, 4) is 0 Å². The minimum absolute atomic E-state index is 0.0661. The van der Waals surface area contributed by atoms with Crippen LogP contribution in [-0.4, -0.2) is 55.7 Å². The highest BCUT2D eigenvalue weighted by Crippen LogP contribution is 2.24. The number of ether oxygens (including phenoxy) is 1. The van der Waals surface area contributed by atoms with Gasteiger partial charge in [-0.2, -0.15) is 0 Å². The van der Waals surface area contributed by atoms with Crippen molar-refractivity contribution in [3.63, 3.8) is 0 Å². The number of anilines is 1. The van der Waals surface area contributed by atoms with Crippen molar-refractivity contribution in [2.75, 3.05) is 37.6 Å². The van der Waals surface area contributed by atoms with Crippen molar-refractivity contribution in [3.05, 3.63) is 17.5 Å². The van der Waals surface area contributed by atoms with E-state index in [0.717, 1.165) is 39.0 Å². The topological polar surface area (TPSA) is 58.8 Å². The van der Waals surface area contributed by atoms with Gasteiger partial charge < -0.3 is 20.3 Å². The lowest BCUT2D eigenvalue weighted by molar-refractivity contribution is -0.143. The first-order valence-corrected chi connectivity index (χ1v) is 8.08. The molecule has 2 atom stereocenters. The average molecular weight is 295 g/mol. The van der Waals surface area contributed by atoms with E-state index >= 15 is 0 Å². The molecule has 2 saturated heterocycles. The van der Waals surface area contributed by atoms with Gasteiger partial charge in [0.15, 0.2) is 0 Å². The zero-order chi connectivity index (χ0) is 13.9. The second-order valence-electron chi connectivity index (χ2n) is 5.32. The van der Waals surface area contributed by atoms with Crippen molar-refractivity contribution in [2.24, 2.45) is 5.73 Å². The van der Waals surface area contributed by atoms with Crippen molar-refractivity contribution >= 4 is 22.2 Å². The number of piperazine rings is 1. The Hall–Kier alpha value is -1.11. The number of nitrogens with zero attached hydrogens (tertiary/aromatic N) is 2. The number of nitrogens with two attached hydrogens (primary N) is 1. The Morgan fingerprint density at radius 1 is 1.35 bits per heavy atom. The molecule has 5 nitrogen and oxygen atoms in total. The summed E-state index contributed by atoms with van der Waals surface area (Å²) in [5.74, 6) is 0.145. The van der Waals surface area contributed by atoms with Crippen LogP contribution in [0.1, 0.15) is 12.8 Å². The van der Waals surface area contributed by atoms with E-state index in [1.165, 1.54) is 5.00 Å². The second kappa shape index (κ2) is 6.11. The minimum Gasteiger partial charge on any atom is -0.364 e. The maximum atomic E-state index is 12.4. The molecule has 6 heteroatoms. The van der Waals surface area contributed by atoms with Crippen LogP contribution in [0.4, 0.5) is 5.00 Å². The largest absolute Gasteiger partial charge is 0.364 e. The molecule has 0 unspecified atom stereocenters. The number of thiophene rings is 1. The third kappa shape index (κ3) is 2.82. The second-order valence-corrected chi connectivity index (χ2v) is 6.25. The quantitative estimate of drug-likeness (QED) is 0.900. The van der Waals surface area contributed by atoms with E-state index in [-0.39, 0.29) is 18.1 Å². The van der Waals surface area contributed by atoms with E-state index in [4.69, 9.17) is 10.5 Å². The SMILES string of the molecule is NC[C@H]1CC[C@@H](C(=O)N2CCN(c3cccs3)CC2)O1. The minimum atomic E-state index is -0.267. The van der Waals surface area contributed by atoms with E-state index in [1.54, 1.807) is 11.3 Å². The first kappa shape index (κ1) is 13.9. The average Bonchev–Trinajstić information content (AvgIpc) is 3.18. The molecule has 0 aliphatic carbocycles. The standard InChI is InChI=1S/C14H21N3O2S/c15-10-11-3-4-12(19-11)14(18)17-7-5-16(6-8-17)13-2-1-9-20-13/h1-2,9,11-12H,3-8,10,15H2/t11-,12+/m1/s1. The lowest BCUT2D eigenvalue weighted by Gasteiger charge is -2.36. The summed E-state index contributed by atoms with van der Waals surface area (Å²) in [5, 5.41) is 3.38. The summed E-state index contributed by atoms with van der Waals surface area (Å²) in [4.78, 5) is 16.7. The maximum Gasteiger partial charge on any atom is 0.251 e. The third-order valence-electron chi connectivity index (χ3n) is 4.06. The molecular formula is C14H21N3O2S. The Labute approximate surface area is 123 Å². The summed E-state index contributed by atoms with van der Waals surface area (Å²) >= 11 is 1.75. The van der Waals surface area contributed by atoms with E-state index in [0.29, 0.717) is 6.54 Å². The van der Waals surface area contributed by atoms with Gasteiger partial charge in [0, 0.05) is 32.7 Å². The fourth-order valence-corrected chi connectivity index (χ4v) is 3.65. The predicted octanol–water partition coefficient (Wildman–Crippen LogP) is 0.903. The summed E-state index contributed by atoms with van der Waals surface area (Å²) in [5.41, 5.74) is 5.59. The normalized spacial score (nSPS) is 27.1. The van der Waals surface area contributed by atoms with Gasteiger partial charge in [0.25, 0.3) is 5.91 Å². The molecule has 20 heavy (non-hydrogen) atoms. The Kier molecular flexibility index (Phi) is 4.24. The predicted molar refractivity (Wildman–Crippen MR) is 80.1 cm³/mol. The summed E-state index contributed by atoms with van der Waals surface area (Å²) in [6.45, 7) is 3.88. The van der Waals surface area contributed by atoms with E-state index in [2.05, 4.69) is 22.4 Å². The van der Waals surface area contributed by atoms with Gasteiger partial charge in [0.1, 0.15) is 6.10 Å². The van der Waals surface area contributed by atoms with Crippen molar-refractivity contribution in [1.29, 1.82) is 0 Å². The first-order valence-electron chi connectivity index (χ1n) is 7.20. The lowest BCUT2D eigenvalue weighted by atomic mass is 10.1. The van der Waals surface area contributed by atoms with Gasteiger partial charge >= 0.3 is 0 Å². The first-order chi connectivity index (χ1) is 9.78. The summed E-state index contributed by atoms with van der Waals surface area (Å²) in [7, 11) is 0. The molecule has 1 aromatic heterocycles. The Bertz CT molecular complexity index is 443. The van der Waals surface area contributed by atoms with Crippen LogP contribution in [-0.2, 0) is 9.53 Å². The molecule has 2 aliphatic rings. The summed E-state index contributed by atoms with van der Waals surface area (Å²) in [6, 6.07) is 4.20. The number of hydrogen-bond donors (Lipinski definition) is 1. The van der Waals surface area contributed by atoms with E-state index in [1.807, 2.05) is 4.90 Å². The molecule has 2 N–H and O–H groups in total. The van der Waals surface area contributed by atoms with E-state index < -0.39 is 0 Å². The smallest absolute Gasteiger partial charge is 0.251 e. The van der Waals surface area contributed by atoms with Crippen LogP contribution in [0, 0.1) is 0 Å². The van der Waals surface area contributed by atoms with Crippen LogP contribution in [0.3, 0.4) is 0 Å². The zero-order valence-electron chi connectivity index (χ0n) is 11.5. The molecule has 1 amide bonds. The molecule has 0 spiro atoms. The van der Waals surface area contributed by atoms with E-state index in [9.17, 15) is 4.79 Å². The monoisotopic (exact) mass is 295 g/mol. The molecule has 1 aromatic rings. The molecule has 0 aromatic carbocycles. The number of carbonyl (C=O) groups excluding carboxylic acids is 1. The fraction of sp³-hybridized carbons (Fsp3) is 0.643. The fourth-order valence-electron chi connectivity index (χ4n) is 2.86. The molecule has 0 radical (unpaired) electrons. The van der Waals surface area contributed by atoms with Gasteiger partial charge in [-0.05, 0) is 30.4 Å². The van der Waals surface area contributed by atoms with Crippen LogP contribution < -0.4 is 10.6 Å². The van der Waals surface area contributed by atoms with Gasteiger partial charge in [-0.25, -0.2) is 0 Å². The molecule has 0 bridgehead atoms. The van der Waals surface area contributed by atoms with Crippen LogP contribution >= 0.6 is 11.3 Å². The van der Waals surface area contributed by atoms with Gasteiger partial charge in [-0.1, -0.05) is 0 Å². The van der Waals surface area contributed by atoms with Crippen LogP contribution in [0.25, 0.3) is 0 Å². The van der Waals surface area contributed by atoms with Gasteiger partial charge in [0.05, 0.1) is 11.1 Å². The molecular weight excluding hydrogens is 274 g/mol. The number of amides is 1. The highest BCUT2D eigenvalue weighted by molar-refractivity contribution is 7.14. The summed E-state index contributed by atoms with van der Waals surface area (Å²) < 4.78 is 5.70. The van der Waals surface area contributed by atoms with Crippen LogP contribution in [0.15, 0.2) is 17.5 Å². The van der Waals surface area contributed by atoms with Gasteiger partial charge in [-0.3, -0.25) is 4.79 Å². The lowest BCUT2D eigenvalue weighted by Crippen LogP contribution is -2.51. The van der Waals surface area contributed by atoms with Crippen LogP contribution in [0.5, 0.6) is 0 Å². The highest BCUT2D eigenvalue weighted by atomic mass is 32.1. The molecule has 2 fully saturated rings. The number of rotatable bonds is 3. The van der Waals surface area contributed by atoms with Crippen molar-refractivity contribution in [1.82, 2.24) is 4.90 Å². The number of hydrogen-bond acceptors (Lipinski definition) is 5. The zero-order valence-corrected chi connectivity index (χ0v) is 12.3. The molecule has 3 rings (SSSR count). The van der Waals surface area contributed by atoms with Crippen LogP contribution in [0.2, 0.25) is 0 Å². The Morgan fingerprint density at radius 3 is 2.75 bits per heavy atom. The van der Waals surface area contributed by atoms with Crippen molar-refractivity contribution < 1.29 is 9.53 Å². The van der Waals surface area contributed by atoms with Gasteiger partial charge in [0.2, 0.25) is 0 Å².